The molecule has 0 radical (unpaired) electrons. The van der Waals surface area contributed by atoms with Crippen LogP contribution in [-0.4, -0.2) is 54.5 Å². The topological polar surface area (TPSA) is 94.2 Å². The lowest BCUT2D eigenvalue weighted by molar-refractivity contribution is -0.127. The number of aryl methyl sites for hydroxylation is 1. The molecule has 0 spiro atoms. The third-order valence-electron chi connectivity index (χ3n) is 4.77. The molecule has 31 heavy (non-hydrogen) atoms. The van der Waals surface area contributed by atoms with Crippen molar-refractivity contribution in [3.05, 3.63) is 48.0 Å². The number of benzene rings is 2. The molecule has 0 saturated carbocycles. The molecule has 2 rings (SSSR count). The largest absolute Gasteiger partial charge is 0.493 e. The fourth-order valence-electron chi connectivity index (χ4n) is 2.87. The first-order chi connectivity index (χ1) is 14.7. The van der Waals surface area contributed by atoms with Gasteiger partial charge in [0.2, 0.25) is 10.0 Å². The summed E-state index contributed by atoms with van der Waals surface area (Å²) in [6.07, 6.45) is 2.00. The second-order valence-electron chi connectivity index (χ2n) is 7.07. The van der Waals surface area contributed by atoms with Crippen molar-refractivity contribution in [2.75, 3.05) is 38.4 Å². The highest BCUT2D eigenvalue weighted by Gasteiger charge is 2.15. The van der Waals surface area contributed by atoms with Crippen molar-refractivity contribution >= 4 is 21.6 Å². The minimum Gasteiger partial charge on any atom is -0.493 e. The summed E-state index contributed by atoms with van der Waals surface area (Å²) in [4.78, 5) is 12.3. The molecular weight excluding hydrogens is 420 g/mol. The standard InChI is InChI=1S/C22H30N2O6S/c1-16(30-19-11-9-18(10-12-19)24(2)31(5,26)27)22(25)23-14-6-7-17-8-13-20(28-3)21(15-17)29-4/h8-13,15-16H,6-7,14H2,1-5H3,(H,23,25)/t16-/m1/s1. The molecule has 2 aromatic carbocycles. The molecular formula is C22H30N2O6S. The van der Waals surface area contributed by atoms with E-state index >= 15 is 0 Å². The van der Waals surface area contributed by atoms with E-state index in [2.05, 4.69) is 5.32 Å². The number of nitrogens with one attached hydrogen (secondary N) is 1. The van der Waals surface area contributed by atoms with Gasteiger partial charge in [-0.1, -0.05) is 6.07 Å². The Morgan fingerprint density at radius 3 is 2.29 bits per heavy atom. The number of sulfonamides is 1. The fourth-order valence-corrected chi connectivity index (χ4v) is 3.37. The predicted molar refractivity (Wildman–Crippen MR) is 121 cm³/mol. The summed E-state index contributed by atoms with van der Waals surface area (Å²) >= 11 is 0. The van der Waals surface area contributed by atoms with Crippen LogP contribution >= 0.6 is 0 Å². The smallest absolute Gasteiger partial charge is 0.260 e. The number of anilines is 1. The summed E-state index contributed by atoms with van der Waals surface area (Å²) < 4.78 is 40.5. The second kappa shape index (κ2) is 10.9. The summed E-state index contributed by atoms with van der Waals surface area (Å²) in [6, 6.07) is 12.3. The maximum absolute atomic E-state index is 12.3. The monoisotopic (exact) mass is 450 g/mol. The van der Waals surface area contributed by atoms with E-state index in [9.17, 15) is 13.2 Å². The number of hydrogen-bond acceptors (Lipinski definition) is 6. The average Bonchev–Trinajstić information content (AvgIpc) is 2.75. The highest BCUT2D eigenvalue weighted by atomic mass is 32.2. The normalized spacial score (nSPS) is 12.0. The van der Waals surface area contributed by atoms with Crippen molar-refractivity contribution in [1.29, 1.82) is 0 Å². The molecule has 0 bridgehead atoms. The van der Waals surface area contributed by atoms with E-state index in [0.717, 1.165) is 24.7 Å². The van der Waals surface area contributed by atoms with Crippen LogP contribution in [0.5, 0.6) is 17.2 Å². The Balaban J connectivity index is 1.80. The highest BCUT2D eigenvalue weighted by molar-refractivity contribution is 7.92. The molecule has 170 valence electrons. The zero-order valence-corrected chi connectivity index (χ0v) is 19.4. The van der Waals surface area contributed by atoms with Crippen molar-refractivity contribution < 1.29 is 27.4 Å². The van der Waals surface area contributed by atoms with Gasteiger partial charge < -0.3 is 19.5 Å². The number of amides is 1. The highest BCUT2D eigenvalue weighted by Crippen LogP contribution is 2.28. The van der Waals surface area contributed by atoms with Crippen LogP contribution in [0.4, 0.5) is 5.69 Å². The summed E-state index contributed by atoms with van der Waals surface area (Å²) in [7, 11) is 1.34. The number of rotatable bonds is 11. The van der Waals surface area contributed by atoms with Crippen LogP contribution in [0.2, 0.25) is 0 Å². The Morgan fingerprint density at radius 1 is 1.06 bits per heavy atom. The summed E-state index contributed by atoms with van der Waals surface area (Å²) in [6.45, 7) is 2.18. The zero-order valence-electron chi connectivity index (χ0n) is 18.5. The van der Waals surface area contributed by atoms with E-state index in [4.69, 9.17) is 14.2 Å². The molecule has 0 aliphatic rings. The summed E-state index contributed by atoms with van der Waals surface area (Å²) in [5.41, 5.74) is 1.61. The van der Waals surface area contributed by atoms with E-state index in [1.54, 1.807) is 45.4 Å². The van der Waals surface area contributed by atoms with E-state index in [1.165, 1.54) is 11.4 Å². The van der Waals surface area contributed by atoms with Crippen molar-refractivity contribution in [3.8, 4) is 17.2 Å². The molecule has 0 fully saturated rings. The first kappa shape index (κ1) is 24.3. The van der Waals surface area contributed by atoms with Crippen molar-refractivity contribution in [1.82, 2.24) is 5.32 Å². The van der Waals surface area contributed by atoms with Crippen LogP contribution in [0, 0.1) is 0 Å². The van der Waals surface area contributed by atoms with Gasteiger partial charge in [0, 0.05) is 13.6 Å². The number of hydrogen-bond donors (Lipinski definition) is 1. The van der Waals surface area contributed by atoms with Gasteiger partial charge >= 0.3 is 0 Å². The molecule has 9 heteroatoms. The van der Waals surface area contributed by atoms with Gasteiger partial charge in [-0.05, 0) is 61.7 Å². The molecule has 0 aromatic heterocycles. The summed E-state index contributed by atoms with van der Waals surface area (Å²) in [5, 5.41) is 2.87. The Hall–Kier alpha value is -2.94. The quantitative estimate of drug-likeness (QED) is 0.529. The van der Waals surface area contributed by atoms with Gasteiger partial charge in [-0.2, -0.15) is 0 Å². The fraction of sp³-hybridized carbons (Fsp3) is 0.409. The van der Waals surface area contributed by atoms with Crippen LogP contribution in [0.15, 0.2) is 42.5 Å². The van der Waals surface area contributed by atoms with Crippen LogP contribution in [0.25, 0.3) is 0 Å². The molecule has 0 heterocycles. The van der Waals surface area contributed by atoms with E-state index in [0.29, 0.717) is 29.5 Å². The molecule has 0 saturated heterocycles. The number of carbonyl (C=O) groups is 1. The molecule has 1 atom stereocenters. The maximum atomic E-state index is 12.3. The van der Waals surface area contributed by atoms with Gasteiger partial charge in [-0.25, -0.2) is 8.42 Å². The molecule has 2 aromatic rings. The van der Waals surface area contributed by atoms with E-state index < -0.39 is 16.1 Å². The predicted octanol–water partition coefficient (Wildman–Crippen LogP) is 2.62. The van der Waals surface area contributed by atoms with Gasteiger partial charge in [0.1, 0.15) is 5.75 Å². The second-order valence-corrected chi connectivity index (χ2v) is 9.08. The third kappa shape index (κ3) is 7.06. The lowest BCUT2D eigenvalue weighted by atomic mass is 10.1. The van der Waals surface area contributed by atoms with E-state index in [1.807, 2.05) is 18.2 Å². The Labute approximate surface area is 184 Å². The molecule has 0 aliphatic heterocycles. The Bertz CT molecular complexity index is 976. The molecule has 1 amide bonds. The minimum atomic E-state index is -3.33. The first-order valence-electron chi connectivity index (χ1n) is 9.85. The van der Waals surface area contributed by atoms with Crippen molar-refractivity contribution in [2.24, 2.45) is 0 Å². The minimum absolute atomic E-state index is 0.218. The number of methoxy groups -OCH3 is 2. The molecule has 8 nitrogen and oxygen atoms in total. The van der Waals surface area contributed by atoms with Crippen LogP contribution in [-0.2, 0) is 21.2 Å². The van der Waals surface area contributed by atoms with Gasteiger partial charge in [0.15, 0.2) is 17.6 Å². The maximum Gasteiger partial charge on any atom is 0.260 e. The third-order valence-corrected chi connectivity index (χ3v) is 5.98. The van der Waals surface area contributed by atoms with Crippen LogP contribution in [0.1, 0.15) is 18.9 Å². The molecule has 0 unspecified atom stereocenters. The van der Waals surface area contributed by atoms with E-state index in [-0.39, 0.29) is 5.91 Å². The zero-order chi connectivity index (χ0) is 23.0. The number of ether oxygens (including phenoxy) is 3. The van der Waals surface area contributed by atoms with Crippen LogP contribution < -0.4 is 23.8 Å². The van der Waals surface area contributed by atoms with Crippen LogP contribution in [0.3, 0.4) is 0 Å². The average molecular weight is 451 g/mol. The van der Waals surface area contributed by atoms with Gasteiger partial charge in [-0.15, -0.1) is 0 Å². The van der Waals surface area contributed by atoms with Gasteiger partial charge in [0.25, 0.3) is 5.91 Å². The van der Waals surface area contributed by atoms with Gasteiger partial charge in [0.05, 0.1) is 26.2 Å². The lowest BCUT2D eigenvalue weighted by Crippen LogP contribution is -2.36. The first-order valence-corrected chi connectivity index (χ1v) is 11.7. The lowest BCUT2D eigenvalue weighted by Gasteiger charge is -2.18. The molecule has 1 N–H and O–H groups in total. The number of nitrogens with zero attached hydrogens (tertiary/aromatic N) is 1. The SMILES string of the molecule is COc1ccc(CCCNC(=O)[C@@H](C)Oc2ccc(N(C)S(C)(=O)=O)cc2)cc1OC. The Kier molecular flexibility index (Phi) is 8.56. The molecule has 0 aliphatic carbocycles. The Morgan fingerprint density at radius 2 is 1.71 bits per heavy atom. The van der Waals surface area contributed by atoms with Crippen molar-refractivity contribution in [3.63, 3.8) is 0 Å². The van der Waals surface area contributed by atoms with Gasteiger partial charge in [-0.3, -0.25) is 9.10 Å². The number of carbonyl (C=O) groups excluding carboxylic acids is 1. The summed E-state index contributed by atoms with van der Waals surface area (Å²) in [5.74, 6) is 1.63. The van der Waals surface area contributed by atoms with Crippen molar-refractivity contribution in [2.45, 2.75) is 25.9 Å².